The van der Waals surface area contributed by atoms with Crippen molar-refractivity contribution < 1.29 is 31.9 Å². The minimum absolute atomic E-state index is 0.0586. The molecule has 2 aromatic rings. The number of anilines is 1. The molecule has 0 saturated carbocycles. The molecule has 0 bridgehead atoms. The quantitative estimate of drug-likeness (QED) is 0.391. The van der Waals surface area contributed by atoms with Crippen LogP contribution < -0.4 is 5.32 Å². The van der Waals surface area contributed by atoms with Crippen molar-refractivity contribution in [3.63, 3.8) is 0 Å². The van der Waals surface area contributed by atoms with Crippen LogP contribution in [0, 0.1) is 13.8 Å². The summed E-state index contributed by atoms with van der Waals surface area (Å²) < 4.78 is 66.2. The number of aryl methyl sites for hydroxylation is 2. The second-order valence-electron chi connectivity index (χ2n) is 6.46. The molecule has 2 rings (SSSR count). The molecule has 29 heavy (non-hydrogen) atoms. The first kappa shape index (κ1) is 22.9. The van der Waals surface area contributed by atoms with E-state index in [1.807, 2.05) is 0 Å². The number of phenols is 1. The monoisotopic (exact) mass is 477 g/mol. The Balaban J connectivity index is 2.45. The van der Waals surface area contributed by atoms with Gasteiger partial charge in [-0.3, -0.25) is 4.79 Å². The second-order valence-corrected chi connectivity index (χ2v) is 7.38. The topological polar surface area (TPSA) is 49.3 Å². The average molecular weight is 478 g/mol. The van der Waals surface area contributed by atoms with Crippen molar-refractivity contribution in [2.45, 2.75) is 32.4 Å². The average Bonchev–Trinajstić information content (AvgIpc) is 2.62. The molecule has 0 aromatic heterocycles. The van der Waals surface area contributed by atoms with Gasteiger partial charge in [0.15, 0.2) is 0 Å². The van der Waals surface area contributed by atoms with Gasteiger partial charge in [0.05, 0.1) is 0 Å². The zero-order chi connectivity index (χ0) is 22.0. The molecule has 0 atom stereocenters. The van der Waals surface area contributed by atoms with E-state index >= 15 is 0 Å². The smallest absolute Gasteiger partial charge is 0.461 e. The van der Waals surface area contributed by atoms with Crippen LogP contribution in [0.4, 0.5) is 27.6 Å². The summed E-state index contributed by atoms with van der Waals surface area (Å²) in [5.41, 5.74) is 1.000. The number of hydrogen-bond donors (Lipinski definition) is 2. The lowest BCUT2D eigenvalue weighted by Gasteiger charge is -2.20. The van der Waals surface area contributed by atoms with Crippen molar-refractivity contribution in [3.05, 3.63) is 69.3 Å². The first-order valence-corrected chi connectivity index (χ1v) is 9.12. The highest BCUT2D eigenvalue weighted by atomic mass is 79.9. The number of allylic oxidation sites excluding steroid dienone is 1. The van der Waals surface area contributed by atoms with E-state index in [-0.39, 0.29) is 11.3 Å². The molecule has 9 heteroatoms. The third kappa shape index (κ3) is 5.35. The van der Waals surface area contributed by atoms with Crippen molar-refractivity contribution >= 4 is 27.4 Å². The summed E-state index contributed by atoms with van der Waals surface area (Å²) in [7, 11) is 0. The summed E-state index contributed by atoms with van der Waals surface area (Å²) >= 11 is 3.21. The minimum Gasteiger partial charge on any atom is -0.508 e. The highest BCUT2D eigenvalue weighted by Crippen LogP contribution is 2.39. The van der Waals surface area contributed by atoms with E-state index < -0.39 is 29.9 Å². The van der Waals surface area contributed by atoms with E-state index in [2.05, 4.69) is 21.2 Å². The van der Waals surface area contributed by atoms with Crippen LogP contribution in [-0.2, 0) is 11.2 Å². The van der Waals surface area contributed by atoms with Gasteiger partial charge in [0.2, 0.25) is 5.78 Å². The summed E-state index contributed by atoms with van der Waals surface area (Å²) in [6.45, 7) is 3.39. The number of alkyl halides is 5. The molecule has 0 aliphatic rings. The molecule has 0 radical (unpaired) electrons. The summed E-state index contributed by atoms with van der Waals surface area (Å²) in [6.07, 6.45) is -5.84. The molecule has 0 fully saturated rings. The molecular weight excluding hydrogens is 461 g/mol. The number of carbonyl (C=O) groups is 1. The molecule has 156 valence electrons. The largest absolute Gasteiger partial charge is 0.508 e. The Morgan fingerprint density at radius 2 is 1.62 bits per heavy atom. The summed E-state index contributed by atoms with van der Waals surface area (Å²) in [4.78, 5) is 12.1. The van der Waals surface area contributed by atoms with Crippen LogP contribution in [0.25, 0.3) is 0 Å². The molecule has 0 saturated heterocycles. The zero-order valence-corrected chi connectivity index (χ0v) is 17.0. The van der Waals surface area contributed by atoms with Crippen LogP contribution in [0.5, 0.6) is 5.75 Å². The zero-order valence-electron chi connectivity index (χ0n) is 15.4. The van der Waals surface area contributed by atoms with E-state index in [1.165, 1.54) is 24.3 Å². The van der Waals surface area contributed by atoms with Crippen molar-refractivity contribution in [2.75, 3.05) is 5.32 Å². The Morgan fingerprint density at radius 1 is 1.07 bits per heavy atom. The molecular formula is C20H17BrF5NO2. The van der Waals surface area contributed by atoms with Crippen LogP contribution in [0.3, 0.4) is 0 Å². The number of nitrogens with one attached hydrogen (secondary N) is 1. The molecule has 0 aliphatic carbocycles. The molecule has 0 spiro atoms. The predicted octanol–water partition coefficient (Wildman–Crippen LogP) is 6.08. The summed E-state index contributed by atoms with van der Waals surface area (Å²) in [5.74, 6) is -8.24. The Kier molecular flexibility index (Phi) is 6.72. The van der Waals surface area contributed by atoms with E-state index in [1.54, 1.807) is 26.0 Å². The molecule has 2 aromatic carbocycles. The minimum atomic E-state index is -6.04. The van der Waals surface area contributed by atoms with Crippen LogP contribution in [0.1, 0.15) is 16.7 Å². The number of phenolic OH excluding ortho intramolecular Hbond substituents is 1. The van der Waals surface area contributed by atoms with Gasteiger partial charge in [-0.2, -0.15) is 22.0 Å². The van der Waals surface area contributed by atoms with Crippen LogP contribution in [0.15, 0.2) is 52.6 Å². The van der Waals surface area contributed by atoms with Gasteiger partial charge in [-0.25, -0.2) is 0 Å². The Labute approximate surface area is 172 Å². The lowest BCUT2D eigenvalue weighted by Crippen LogP contribution is -2.45. The molecule has 3 nitrogen and oxygen atoms in total. The first-order chi connectivity index (χ1) is 13.3. The second kappa shape index (κ2) is 8.52. The fraction of sp³-hybridized carbons (Fsp3) is 0.250. The van der Waals surface area contributed by atoms with Gasteiger partial charge in [0.1, 0.15) is 5.75 Å². The number of hydrogen-bond acceptors (Lipinski definition) is 3. The lowest BCUT2D eigenvalue weighted by molar-refractivity contribution is -0.266. The Bertz CT molecular complexity index is 937. The maximum absolute atomic E-state index is 13.7. The summed E-state index contributed by atoms with van der Waals surface area (Å²) in [5, 5.41) is 12.6. The SMILES string of the molecule is Cc1cc(O)c(C/C(=C\Nc2ccc(Br)cc2)C(=O)C(F)(F)C(F)(F)F)cc1C. The highest BCUT2D eigenvalue weighted by Gasteiger charge is 2.63. The van der Waals surface area contributed by atoms with Gasteiger partial charge in [0, 0.05) is 28.4 Å². The Hall–Kier alpha value is -2.42. The third-order valence-corrected chi connectivity index (χ3v) is 4.79. The van der Waals surface area contributed by atoms with Crippen molar-refractivity contribution in [3.8, 4) is 5.75 Å². The first-order valence-electron chi connectivity index (χ1n) is 8.32. The van der Waals surface area contributed by atoms with Gasteiger partial charge in [0.25, 0.3) is 0 Å². The van der Waals surface area contributed by atoms with Crippen LogP contribution >= 0.6 is 15.9 Å². The number of aromatic hydroxyl groups is 1. The number of rotatable bonds is 6. The standard InChI is InChI=1S/C20H17BrF5NO2/c1-11-7-13(17(28)8-12(11)2)9-14(18(29)19(22,23)20(24,25)26)10-27-16-5-3-15(21)4-6-16/h3-8,10,27-28H,9H2,1-2H3/b14-10+. The van der Waals surface area contributed by atoms with Gasteiger partial charge < -0.3 is 10.4 Å². The fourth-order valence-corrected chi connectivity index (χ4v) is 2.72. The van der Waals surface area contributed by atoms with E-state index in [9.17, 15) is 31.9 Å². The van der Waals surface area contributed by atoms with Gasteiger partial charge in [-0.15, -0.1) is 0 Å². The molecule has 0 unspecified atom stereocenters. The van der Waals surface area contributed by atoms with Crippen molar-refractivity contribution in [1.82, 2.24) is 0 Å². The van der Waals surface area contributed by atoms with Crippen LogP contribution in [0.2, 0.25) is 0 Å². The van der Waals surface area contributed by atoms with Crippen LogP contribution in [-0.4, -0.2) is 23.0 Å². The summed E-state index contributed by atoms with van der Waals surface area (Å²) in [6, 6.07) is 9.12. The maximum Gasteiger partial charge on any atom is 0.461 e. The number of ketones is 1. The van der Waals surface area contributed by atoms with Gasteiger partial charge >= 0.3 is 12.1 Å². The van der Waals surface area contributed by atoms with Crippen molar-refractivity contribution in [1.29, 1.82) is 0 Å². The van der Waals surface area contributed by atoms with E-state index in [0.29, 0.717) is 16.8 Å². The number of carbonyl (C=O) groups excluding carboxylic acids is 1. The number of benzene rings is 2. The Morgan fingerprint density at radius 3 is 2.17 bits per heavy atom. The van der Waals surface area contributed by atoms with Crippen molar-refractivity contribution in [2.24, 2.45) is 0 Å². The highest BCUT2D eigenvalue weighted by molar-refractivity contribution is 9.10. The molecule has 0 aliphatic heterocycles. The fourth-order valence-electron chi connectivity index (χ4n) is 2.45. The normalized spacial score (nSPS) is 12.8. The number of halogens is 6. The maximum atomic E-state index is 13.7. The molecule has 2 N–H and O–H groups in total. The predicted molar refractivity (Wildman–Crippen MR) is 103 cm³/mol. The van der Waals surface area contributed by atoms with E-state index in [4.69, 9.17) is 0 Å². The number of Topliss-reactive ketones (excluding diaryl/α,β-unsaturated/α-hetero) is 1. The molecule has 0 amide bonds. The van der Waals surface area contributed by atoms with E-state index in [0.717, 1.165) is 10.7 Å². The van der Waals surface area contributed by atoms with Gasteiger partial charge in [-0.05, 0) is 60.9 Å². The lowest BCUT2D eigenvalue weighted by atomic mass is 9.95. The molecule has 0 heterocycles. The van der Waals surface area contributed by atoms with Gasteiger partial charge in [-0.1, -0.05) is 22.0 Å². The third-order valence-electron chi connectivity index (χ3n) is 4.27.